The van der Waals surface area contributed by atoms with E-state index < -0.39 is 6.03 Å². The molecule has 0 fully saturated rings. The highest BCUT2D eigenvalue weighted by molar-refractivity contribution is 8.01. The van der Waals surface area contributed by atoms with Gasteiger partial charge in [0.2, 0.25) is 11.0 Å². The fourth-order valence-corrected chi connectivity index (χ4v) is 3.68. The van der Waals surface area contributed by atoms with E-state index in [0.717, 1.165) is 17.7 Å². The van der Waals surface area contributed by atoms with Gasteiger partial charge < -0.3 is 10.6 Å². The first-order valence-electron chi connectivity index (χ1n) is 7.93. The van der Waals surface area contributed by atoms with Crippen LogP contribution in [-0.4, -0.2) is 34.4 Å². The number of carbonyl (C=O) groups is 2. The molecule has 0 bridgehead atoms. The Balaban J connectivity index is 1.93. The van der Waals surface area contributed by atoms with Crippen LogP contribution in [0.3, 0.4) is 0 Å². The minimum atomic E-state index is -0.487. The zero-order chi connectivity index (χ0) is 18.2. The van der Waals surface area contributed by atoms with Crippen molar-refractivity contribution in [2.75, 3.05) is 17.6 Å². The number of amides is 3. The summed E-state index contributed by atoms with van der Waals surface area (Å²) in [5.74, 6) is -0.260. The van der Waals surface area contributed by atoms with Crippen molar-refractivity contribution < 1.29 is 9.59 Å². The number of hydrogen-bond donors (Lipinski definition) is 3. The number of rotatable bonds is 7. The summed E-state index contributed by atoms with van der Waals surface area (Å²) < 4.78 is 0.667. The molecule has 0 atom stereocenters. The molecule has 25 heavy (non-hydrogen) atoms. The molecular formula is C16H21N5O2S2. The fraction of sp³-hybridized carbons (Fsp3) is 0.375. The van der Waals surface area contributed by atoms with E-state index >= 15 is 0 Å². The Morgan fingerprint density at radius 3 is 2.76 bits per heavy atom. The maximum absolute atomic E-state index is 11.7. The van der Waals surface area contributed by atoms with Gasteiger partial charge in [0, 0.05) is 12.2 Å². The summed E-state index contributed by atoms with van der Waals surface area (Å²) >= 11 is 2.62. The molecule has 3 N–H and O–H groups in total. The summed E-state index contributed by atoms with van der Waals surface area (Å²) in [5, 5.41) is 16.9. The number of nitrogens with zero attached hydrogens (tertiary/aromatic N) is 2. The van der Waals surface area contributed by atoms with Crippen LogP contribution in [0.5, 0.6) is 0 Å². The molecule has 1 aromatic carbocycles. The van der Waals surface area contributed by atoms with Crippen molar-refractivity contribution in [3.8, 4) is 0 Å². The molecule has 0 aliphatic rings. The van der Waals surface area contributed by atoms with Gasteiger partial charge >= 0.3 is 6.03 Å². The monoisotopic (exact) mass is 379 g/mol. The fourth-order valence-electron chi connectivity index (χ4n) is 2.12. The first-order chi connectivity index (χ1) is 12.0. The van der Waals surface area contributed by atoms with E-state index in [1.54, 1.807) is 6.92 Å². The minimum Gasteiger partial charge on any atom is -0.338 e. The number of thioether (sulfide) groups is 1. The summed E-state index contributed by atoms with van der Waals surface area (Å²) in [6, 6.07) is 5.68. The molecule has 9 heteroatoms. The number of hydrogen-bond acceptors (Lipinski definition) is 7. The average molecular weight is 380 g/mol. The van der Waals surface area contributed by atoms with Crippen LogP contribution in [0.15, 0.2) is 22.5 Å². The molecule has 0 radical (unpaired) electrons. The number of urea groups is 1. The van der Waals surface area contributed by atoms with Crippen LogP contribution < -0.4 is 16.0 Å². The van der Waals surface area contributed by atoms with Gasteiger partial charge in [-0.05, 0) is 31.4 Å². The van der Waals surface area contributed by atoms with Crippen molar-refractivity contribution >= 4 is 45.9 Å². The summed E-state index contributed by atoms with van der Waals surface area (Å²) in [4.78, 5) is 23.0. The Kier molecular flexibility index (Phi) is 7.20. The zero-order valence-electron chi connectivity index (χ0n) is 14.4. The van der Waals surface area contributed by atoms with Crippen molar-refractivity contribution in [1.29, 1.82) is 0 Å². The smallest absolute Gasteiger partial charge is 0.321 e. The van der Waals surface area contributed by atoms with Gasteiger partial charge in [0.1, 0.15) is 0 Å². The maximum atomic E-state index is 11.7. The van der Waals surface area contributed by atoms with Crippen molar-refractivity contribution in [2.45, 2.75) is 31.5 Å². The van der Waals surface area contributed by atoms with Gasteiger partial charge in [-0.15, -0.1) is 10.2 Å². The topological polar surface area (TPSA) is 96.0 Å². The highest BCUT2D eigenvalue weighted by Crippen LogP contribution is 2.30. The number of carbonyl (C=O) groups excluding carboxylic acids is 2. The van der Waals surface area contributed by atoms with Crippen LogP contribution >= 0.6 is 23.1 Å². The summed E-state index contributed by atoms with van der Waals surface area (Å²) in [5.41, 5.74) is 3.41. The Morgan fingerprint density at radius 1 is 1.24 bits per heavy atom. The predicted molar refractivity (Wildman–Crippen MR) is 102 cm³/mol. The third-order valence-corrected chi connectivity index (χ3v) is 5.27. The molecular weight excluding hydrogens is 358 g/mol. The van der Waals surface area contributed by atoms with Gasteiger partial charge in [-0.3, -0.25) is 10.1 Å². The van der Waals surface area contributed by atoms with Crippen molar-refractivity contribution in [1.82, 2.24) is 20.8 Å². The highest BCUT2D eigenvalue weighted by Gasteiger charge is 2.12. The number of anilines is 2. The lowest BCUT2D eigenvalue weighted by atomic mass is 10.1. The summed E-state index contributed by atoms with van der Waals surface area (Å²) in [7, 11) is 0. The van der Waals surface area contributed by atoms with Crippen LogP contribution in [-0.2, 0) is 11.2 Å². The van der Waals surface area contributed by atoms with Gasteiger partial charge in [-0.25, -0.2) is 4.79 Å². The molecule has 1 heterocycles. The molecule has 2 rings (SSSR count). The van der Waals surface area contributed by atoms with Crippen molar-refractivity contribution in [3.05, 3.63) is 29.3 Å². The largest absolute Gasteiger partial charge is 0.338 e. The Hall–Kier alpha value is -2.13. The number of imide groups is 1. The molecule has 2 aromatic rings. The molecule has 134 valence electrons. The summed E-state index contributed by atoms with van der Waals surface area (Å²) in [6.07, 6.45) is 0.921. The number of para-hydroxylation sites is 1. The van der Waals surface area contributed by atoms with Crippen LogP contribution in [0.25, 0.3) is 0 Å². The van der Waals surface area contributed by atoms with Crippen LogP contribution in [0.1, 0.15) is 25.0 Å². The lowest BCUT2D eigenvalue weighted by molar-refractivity contribution is -0.117. The number of nitrogens with one attached hydrogen (secondary N) is 3. The zero-order valence-corrected chi connectivity index (χ0v) is 16.0. The van der Waals surface area contributed by atoms with E-state index in [4.69, 9.17) is 0 Å². The molecule has 0 saturated heterocycles. The van der Waals surface area contributed by atoms with E-state index in [1.165, 1.54) is 28.7 Å². The molecule has 0 spiro atoms. The summed E-state index contributed by atoms with van der Waals surface area (Å²) in [6.45, 7) is 6.40. The molecule has 1 aromatic heterocycles. The Bertz CT molecular complexity index is 748. The molecule has 0 unspecified atom stereocenters. The van der Waals surface area contributed by atoms with E-state index in [1.807, 2.05) is 19.1 Å². The SMILES string of the molecule is CCNC(=O)NC(=O)CSc1nnc(Nc2c(C)cccc2CC)s1. The standard InChI is InChI=1S/C16H21N5O2S2/c1-4-11-8-6-7-10(3)13(11)19-15-20-21-16(25-15)24-9-12(22)18-14(23)17-5-2/h6-8H,4-5,9H2,1-3H3,(H,19,20)(H2,17,18,22,23). The number of benzene rings is 1. The molecule has 3 amide bonds. The number of aryl methyl sites for hydroxylation is 2. The molecule has 0 saturated carbocycles. The first-order valence-corrected chi connectivity index (χ1v) is 9.73. The molecule has 0 aliphatic heterocycles. The second-order valence-electron chi connectivity index (χ2n) is 5.16. The molecule has 7 nitrogen and oxygen atoms in total. The van der Waals surface area contributed by atoms with Crippen LogP contribution in [0, 0.1) is 6.92 Å². The molecule has 0 aliphatic carbocycles. The van der Waals surface area contributed by atoms with Crippen molar-refractivity contribution in [3.63, 3.8) is 0 Å². The van der Waals surface area contributed by atoms with E-state index in [2.05, 4.69) is 39.1 Å². The van der Waals surface area contributed by atoms with Gasteiger partial charge in [0.05, 0.1) is 5.75 Å². The second-order valence-corrected chi connectivity index (χ2v) is 7.36. The van der Waals surface area contributed by atoms with Crippen molar-refractivity contribution in [2.24, 2.45) is 0 Å². The van der Waals surface area contributed by atoms with Gasteiger partial charge in [0.15, 0.2) is 4.34 Å². The normalized spacial score (nSPS) is 10.4. The number of aromatic nitrogens is 2. The van der Waals surface area contributed by atoms with Gasteiger partial charge in [0.25, 0.3) is 0 Å². The van der Waals surface area contributed by atoms with Gasteiger partial charge in [-0.2, -0.15) is 0 Å². The Morgan fingerprint density at radius 2 is 2.04 bits per heavy atom. The average Bonchev–Trinajstić information content (AvgIpc) is 3.02. The van der Waals surface area contributed by atoms with E-state index in [9.17, 15) is 9.59 Å². The third kappa shape index (κ3) is 5.71. The lowest BCUT2D eigenvalue weighted by Gasteiger charge is -2.11. The van der Waals surface area contributed by atoms with Gasteiger partial charge in [-0.1, -0.05) is 48.2 Å². The minimum absolute atomic E-state index is 0.107. The van der Waals surface area contributed by atoms with E-state index in [0.29, 0.717) is 16.0 Å². The van der Waals surface area contributed by atoms with Crippen LogP contribution in [0.4, 0.5) is 15.6 Å². The first kappa shape index (κ1) is 19.2. The highest BCUT2D eigenvalue weighted by atomic mass is 32.2. The second kappa shape index (κ2) is 9.38. The van der Waals surface area contributed by atoms with E-state index in [-0.39, 0.29) is 11.7 Å². The predicted octanol–water partition coefficient (Wildman–Crippen LogP) is 3.09. The van der Waals surface area contributed by atoms with Crippen LogP contribution in [0.2, 0.25) is 0 Å². The quantitative estimate of drug-likeness (QED) is 0.640. The lowest BCUT2D eigenvalue weighted by Crippen LogP contribution is -2.40. The Labute approximate surface area is 155 Å². The maximum Gasteiger partial charge on any atom is 0.321 e. The third-order valence-electron chi connectivity index (χ3n) is 3.30.